The van der Waals surface area contributed by atoms with Gasteiger partial charge in [-0.1, -0.05) is 28.1 Å². The molecule has 0 bridgehead atoms. The van der Waals surface area contributed by atoms with Crippen LogP contribution in [0.2, 0.25) is 0 Å². The number of rotatable bonds is 7. The van der Waals surface area contributed by atoms with Gasteiger partial charge in [-0.25, -0.2) is 0 Å². The summed E-state index contributed by atoms with van der Waals surface area (Å²) in [7, 11) is -3.75. The van der Waals surface area contributed by atoms with Crippen molar-refractivity contribution < 1.29 is 23.8 Å². The molecule has 7 heteroatoms. The Morgan fingerprint density at radius 2 is 1.63 bits per heavy atom. The zero-order valence-corrected chi connectivity index (χ0v) is 13.3. The summed E-state index contributed by atoms with van der Waals surface area (Å²) in [5, 5.41) is 20.1. The van der Waals surface area contributed by atoms with Crippen LogP contribution in [-0.4, -0.2) is 29.3 Å². The molecule has 0 heterocycles. The first-order valence-electron chi connectivity index (χ1n) is 5.95. The summed E-state index contributed by atoms with van der Waals surface area (Å²) in [4.78, 5) is 0. The third kappa shape index (κ3) is 4.38. The highest BCUT2D eigenvalue weighted by atomic mass is 79.9. The molecule has 0 amide bonds. The fraction of sp³-hybridized carbons (Fsp3) is 0.500. The van der Waals surface area contributed by atoms with Crippen LogP contribution in [0.3, 0.4) is 0 Å². The van der Waals surface area contributed by atoms with Gasteiger partial charge in [0.2, 0.25) is 0 Å². The predicted octanol–water partition coefficient (Wildman–Crippen LogP) is 3.07. The fourth-order valence-electron chi connectivity index (χ4n) is 1.55. The van der Waals surface area contributed by atoms with Gasteiger partial charge in [-0.05, 0) is 31.5 Å². The molecule has 0 unspecified atom stereocenters. The lowest BCUT2D eigenvalue weighted by Gasteiger charge is -2.26. The number of hydrogen-bond donors (Lipinski definition) is 2. The van der Waals surface area contributed by atoms with E-state index >= 15 is 0 Å². The Balaban J connectivity index is 2.92. The quantitative estimate of drug-likeness (QED) is 0.737. The van der Waals surface area contributed by atoms with Crippen LogP contribution in [0.25, 0.3) is 0 Å². The van der Waals surface area contributed by atoms with Crippen molar-refractivity contribution in [3.8, 4) is 0 Å². The lowest BCUT2D eigenvalue weighted by Crippen LogP contribution is -2.21. The zero-order valence-electron chi connectivity index (χ0n) is 10.8. The molecule has 0 aromatic heterocycles. The molecule has 1 aromatic rings. The van der Waals surface area contributed by atoms with Gasteiger partial charge in [0.05, 0.1) is 13.2 Å². The van der Waals surface area contributed by atoms with E-state index in [1.54, 1.807) is 38.1 Å². The minimum atomic E-state index is -3.75. The third-order valence-corrected chi connectivity index (χ3v) is 5.13. The maximum absolute atomic E-state index is 12.3. The molecule has 1 aromatic carbocycles. The number of aliphatic hydroxyl groups is 2. The largest absolute Gasteiger partial charge is 0.385 e. The summed E-state index contributed by atoms with van der Waals surface area (Å²) in [6.07, 6.45) is -1.34. The van der Waals surface area contributed by atoms with E-state index in [0.29, 0.717) is 5.56 Å². The minimum absolute atomic E-state index is 0.126. The average molecular weight is 353 g/mol. The van der Waals surface area contributed by atoms with Gasteiger partial charge in [0.15, 0.2) is 5.85 Å². The van der Waals surface area contributed by atoms with Crippen molar-refractivity contribution in [1.29, 1.82) is 0 Å². The Labute approximate surface area is 121 Å². The third-order valence-electron chi connectivity index (χ3n) is 2.44. The van der Waals surface area contributed by atoms with Gasteiger partial charge in [-0.15, -0.1) is 0 Å². The smallest absolute Gasteiger partial charge is 0.361 e. The van der Waals surface area contributed by atoms with Crippen LogP contribution in [0.4, 0.5) is 0 Å². The van der Waals surface area contributed by atoms with Crippen molar-refractivity contribution in [2.75, 3.05) is 13.2 Å². The van der Waals surface area contributed by atoms with E-state index in [-0.39, 0.29) is 13.2 Å². The Morgan fingerprint density at radius 3 is 2.05 bits per heavy atom. The lowest BCUT2D eigenvalue weighted by atomic mass is 10.1. The van der Waals surface area contributed by atoms with E-state index in [0.717, 1.165) is 4.47 Å². The summed E-state index contributed by atoms with van der Waals surface area (Å²) in [5.74, 6) is -1.62. The van der Waals surface area contributed by atoms with E-state index in [1.165, 1.54) is 0 Å². The van der Waals surface area contributed by atoms with Crippen LogP contribution in [0.1, 0.15) is 25.5 Å². The predicted molar refractivity (Wildman–Crippen MR) is 76.0 cm³/mol. The second kappa shape index (κ2) is 7.53. The molecule has 5 nitrogen and oxygen atoms in total. The minimum Gasteiger partial charge on any atom is -0.385 e. The molecular formula is C12H18BrO5P. The lowest BCUT2D eigenvalue weighted by molar-refractivity contribution is 0.0401. The molecule has 0 aliphatic rings. The van der Waals surface area contributed by atoms with Crippen LogP contribution in [0.15, 0.2) is 28.7 Å². The monoisotopic (exact) mass is 352 g/mol. The molecule has 2 atom stereocenters. The van der Waals surface area contributed by atoms with Crippen LogP contribution < -0.4 is 0 Å². The highest BCUT2D eigenvalue weighted by Gasteiger charge is 2.39. The fourth-order valence-corrected chi connectivity index (χ4v) is 3.44. The van der Waals surface area contributed by atoms with E-state index in [2.05, 4.69) is 15.9 Å². The molecule has 0 radical (unpaired) electrons. The first kappa shape index (κ1) is 16.8. The first-order valence-corrected chi connectivity index (χ1v) is 8.35. The normalized spacial score (nSPS) is 15.2. The molecule has 108 valence electrons. The second-order valence-electron chi connectivity index (χ2n) is 3.79. The standard InChI is InChI=1S/C12H18BrO5P/c1-3-17-19(16,18-4-2)12(15)11(14)9-5-7-10(13)8-6-9/h5-8,11-12,14-15H,3-4H2,1-2H3/t11-,12+/m1/s1. The summed E-state index contributed by atoms with van der Waals surface area (Å²) < 4.78 is 23.2. The molecule has 0 aliphatic carbocycles. The van der Waals surface area contributed by atoms with E-state index in [9.17, 15) is 14.8 Å². The van der Waals surface area contributed by atoms with E-state index < -0.39 is 19.5 Å². The molecule has 0 aliphatic heterocycles. The molecule has 19 heavy (non-hydrogen) atoms. The number of hydrogen-bond acceptors (Lipinski definition) is 5. The van der Waals surface area contributed by atoms with E-state index in [4.69, 9.17) is 9.05 Å². The van der Waals surface area contributed by atoms with Crippen molar-refractivity contribution in [3.05, 3.63) is 34.3 Å². The number of aliphatic hydroxyl groups excluding tert-OH is 2. The first-order chi connectivity index (χ1) is 8.94. The summed E-state index contributed by atoms with van der Waals surface area (Å²) in [5.41, 5.74) is 0.440. The van der Waals surface area contributed by atoms with Crippen molar-refractivity contribution in [2.45, 2.75) is 25.8 Å². The molecule has 1 rings (SSSR count). The summed E-state index contributed by atoms with van der Waals surface area (Å²) in [6.45, 7) is 3.54. The van der Waals surface area contributed by atoms with Crippen LogP contribution in [0, 0.1) is 0 Å². The number of halogens is 1. The summed E-state index contributed by atoms with van der Waals surface area (Å²) >= 11 is 3.27. The summed E-state index contributed by atoms with van der Waals surface area (Å²) in [6, 6.07) is 6.69. The van der Waals surface area contributed by atoms with Crippen LogP contribution in [-0.2, 0) is 13.6 Å². The van der Waals surface area contributed by atoms with Crippen molar-refractivity contribution in [1.82, 2.24) is 0 Å². The maximum atomic E-state index is 12.3. The average Bonchev–Trinajstić information content (AvgIpc) is 2.38. The molecule has 0 saturated carbocycles. The highest BCUT2D eigenvalue weighted by Crippen LogP contribution is 2.55. The van der Waals surface area contributed by atoms with E-state index in [1.807, 2.05) is 0 Å². The Bertz CT molecular complexity index is 426. The Morgan fingerprint density at radius 1 is 1.16 bits per heavy atom. The molecule has 2 N–H and O–H groups in total. The van der Waals surface area contributed by atoms with Gasteiger partial charge >= 0.3 is 7.60 Å². The SMILES string of the molecule is CCOP(=O)(OCC)[C@H](O)[C@H](O)c1ccc(Br)cc1. The van der Waals surface area contributed by atoms with Crippen molar-refractivity contribution in [2.24, 2.45) is 0 Å². The van der Waals surface area contributed by atoms with Crippen molar-refractivity contribution >= 4 is 23.5 Å². The van der Waals surface area contributed by atoms with Gasteiger partial charge in [-0.2, -0.15) is 0 Å². The Hall–Kier alpha value is -0.230. The van der Waals surface area contributed by atoms with Gasteiger partial charge in [0, 0.05) is 4.47 Å². The Kier molecular flexibility index (Phi) is 6.66. The highest BCUT2D eigenvalue weighted by molar-refractivity contribution is 9.10. The molecule has 0 saturated heterocycles. The van der Waals surface area contributed by atoms with Gasteiger partial charge in [0.25, 0.3) is 0 Å². The topological polar surface area (TPSA) is 76.0 Å². The van der Waals surface area contributed by atoms with Gasteiger partial charge in [-0.3, -0.25) is 4.57 Å². The maximum Gasteiger partial charge on any atom is 0.361 e. The zero-order chi connectivity index (χ0) is 14.5. The van der Waals surface area contributed by atoms with Crippen LogP contribution in [0.5, 0.6) is 0 Å². The number of benzene rings is 1. The van der Waals surface area contributed by atoms with Crippen molar-refractivity contribution in [3.63, 3.8) is 0 Å². The molecule has 0 fully saturated rings. The molecular weight excluding hydrogens is 335 g/mol. The molecule has 0 spiro atoms. The second-order valence-corrected chi connectivity index (χ2v) is 6.83. The van der Waals surface area contributed by atoms with Gasteiger partial charge in [0.1, 0.15) is 6.10 Å². The van der Waals surface area contributed by atoms with Crippen LogP contribution >= 0.6 is 23.5 Å². The van der Waals surface area contributed by atoms with Gasteiger partial charge < -0.3 is 19.3 Å².